The molecular weight excluding hydrogens is 309 g/mol. The maximum atomic E-state index is 5.97. The van der Waals surface area contributed by atoms with E-state index < -0.39 is 0 Å². The van der Waals surface area contributed by atoms with Crippen molar-refractivity contribution < 1.29 is 4.52 Å². The van der Waals surface area contributed by atoms with Crippen molar-refractivity contribution >= 4 is 23.2 Å². The van der Waals surface area contributed by atoms with Crippen LogP contribution in [0.5, 0.6) is 0 Å². The van der Waals surface area contributed by atoms with Crippen molar-refractivity contribution in [3.05, 3.63) is 58.1 Å². The zero-order chi connectivity index (χ0) is 14.8. The Morgan fingerprint density at radius 1 is 0.952 bits per heavy atom. The van der Waals surface area contributed by atoms with E-state index in [1.165, 1.54) is 0 Å². The fourth-order valence-corrected chi connectivity index (χ4v) is 2.45. The van der Waals surface area contributed by atoms with Crippen LogP contribution in [0.2, 0.25) is 10.0 Å². The second-order valence-corrected chi connectivity index (χ2v) is 5.36. The van der Waals surface area contributed by atoms with Gasteiger partial charge in [0.05, 0.1) is 0 Å². The van der Waals surface area contributed by atoms with Crippen LogP contribution in [0.25, 0.3) is 22.8 Å². The first-order chi connectivity index (χ1) is 10.2. The molecule has 21 heavy (non-hydrogen) atoms. The molecule has 0 radical (unpaired) electrons. The normalized spacial score (nSPS) is 10.8. The van der Waals surface area contributed by atoms with E-state index in [1.54, 1.807) is 18.2 Å². The van der Waals surface area contributed by atoms with E-state index in [4.69, 9.17) is 33.5 Å². The van der Waals surface area contributed by atoms with Crippen LogP contribution in [0, 0.1) is 0 Å². The molecule has 4 nitrogen and oxygen atoms in total. The second kappa shape index (κ2) is 5.85. The van der Waals surface area contributed by atoms with Crippen molar-refractivity contribution in [2.75, 3.05) is 0 Å². The summed E-state index contributed by atoms with van der Waals surface area (Å²) in [5.74, 6) is 0.877. The number of hydrogen-bond acceptors (Lipinski definition) is 4. The second-order valence-electron chi connectivity index (χ2n) is 4.48. The standard InChI is InChI=1S/C15H11Cl2N3O/c16-12-5-11(6-13(17)7-12)14-19-15(21-20-14)10-3-1-9(8-18)2-4-10/h1-7H,8,18H2. The molecular formula is C15H11Cl2N3O. The third-order valence-electron chi connectivity index (χ3n) is 2.98. The number of rotatable bonds is 3. The van der Waals surface area contributed by atoms with Gasteiger partial charge in [0, 0.05) is 27.7 Å². The first-order valence-electron chi connectivity index (χ1n) is 6.25. The molecule has 0 spiro atoms. The molecule has 1 heterocycles. The minimum absolute atomic E-state index is 0.435. The summed E-state index contributed by atoms with van der Waals surface area (Å²) in [6.45, 7) is 0.496. The molecule has 0 aliphatic rings. The summed E-state index contributed by atoms with van der Waals surface area (Å²) < 4.78 is 5.28. The van der Waals surface area contributed by atoms with E-state index in [0.717, 1.165) is 11.1 Å². The van der Waals surface area contributed by atoms with Gasteiger partial charge >= 0.3 is 0 Å². The smallest absolute Gasteiger partial charge is 0.258 e. The number of benzene rings is 2. The van der Waals surface area contributed by atoms with E-state index in [9.17, 15) is 0 Å². The minimum Gasteiger partial charge on any atom is -0.334 e. The molecule has 0 fully saturated rings. The lowest BCUT2D eigenvalue weighted by atomic mass is 10.1. The van der Waals surface area contributed by atoms with Crippen molar-refractivity contribution in [1.29, 1.82) is 0 Å². The van der Waals surface area contributed by atoms with Gasteiger partial charge in [-0.05, 0) is 35.9 Å². The molecule has 1 aromatic heterocycles. The Bertz CT molecular complexity index is 749. The third kappa shape index (κ3) is 3.08. The van der Waals surface area contributed by atoms with Crippen molar-refractivity contribution in [2.45, 2.75) is 6.54 Å². The molecule has 0 atom stereocenters. The zero-order valence-corrected chi connectivity index (χ0v) is 12.4. The van der Waals surface area contributed by atoms with Crippen molar-refractivity contribution in [3.63, 3.8) is 0 Å². The van der Waals surface area contributed by atoms with E-state index in [2.05, 4.69) is 10.1 Å². The summed E-state index contributed by atoms with van der Waals surface area (Å²) in [6.07, 6.45) is 0. The monoisotopic (exact) mass is 319 g/mol. The fraction of sp³-hybridized carbons (Fsp3) is 0.0667. The maximum absolute atomic E-state index is 5.97. The molecule has 0 aliphatic carbocycles. The van der Waals surface area contributed by atoms with Crippen LogP contribution < -0.4 is 5.73 Å². The van der Waals surface area contributed by atoms with Gasteiger partial charge in [0.2, 0.25) is 5.82 Å². The fourth-order valence-electron chi connectivity index (χ4n) is 1.92. The lowest BCUT2D eigenvalue weighted by molar-refractivity contribution is 0.432. The number of aromatic nitrogens is 2. The third-order valence-corrected chi connectivity index (χ3v) is 3.42. The number of nitrogens with zero attached hydrogens (tertiary/aromatic N) is 2. The Morgan fingerprint density at radius 2 is 1.62 bits per heavy atom. The van der Waals surface area contributed by atoms with Crippen molar-refractivity contribution in [2.24, 2.45) is 5.73 Å². The molecule has 2 N–H and O–H groups in total. The quantitative estimate of drug-likeness (QED) is 0.786. The lowest BCUT2D eigenvalue weighted by Gasteiger charge is -1.98. The highest BCUT2D eigenvalue weighted by Crippen LogP contribution is 2.27. The van der Waals surface area contributed by atoms with E-state index in [0.29, 0.717) is 33.9 Å². The van der Waals surface area contributed by atoms with Crippen LogP contribution in [-0.4, -0.2) is 10.1 Å². The van der Waals surface area contributed by atoms with Gasteiger partial charge in [-0.2, -0.15) is 4.98 Å². The van der Waals surface area contributed by atoms with Crippen LogP contribution in [-0.2, 0) is 6.54 Å². The SMILES string of the molecule is NCc1ccc(-c2nc(-c3cc(Cl)cc(Cl)c3)no2)cc1. The molecule has 0 aliphatic heterocycles. The Morgan fingerprint density at radius 3 is 2.24 bits per heavy atom. The maximum Gasteiger partial charge on any atom is 0.258 e. The summed E-state index contributed by atoms with van der Waals surface area (Å²) >= 11 is 11.9. The average molecular weight is 320 g/mol. The predicted molar refractivity (Wildman–Crippen MR) is 83.1 cm³/mol. The molecule has 0 unspecified atom stereocenters. The summed E-state index contributed by atoms with van der Waals surface area (Å²) in [7, 11) is 0. The molecule has 2 aromatic carbocycles. The van der Waals surface area contributed by atoms with Gasteiger partial charge in [0.1, 0.15) is 0 Å². The highest BCUT2D eigenvalue weighted by molar-refractivity contribution is 6.35. The molecule has 3 rings (SSSR count). The van der Waals surface area contributed by atoms with Crippen LogP contribution >= 0.6 is 23.2 Å². The highest BCUT2D eigenvalue weighted by atomic mass is 35.5. The summed E-state index contributed by atoms with van der Waals surface area (Å²) in [5, 5.41) is 5.01. The molecule has 0 bridgehead atoms. The molecule has 0 amide bonds. The molecule has 0 saturated heterocycles. The average Bonchev–Trinajstić information content (AvgIpc) is 2.96. The topological polar surface area (TPSA) is 64.9 Å². The highest BCUT2D eigenvalue weighted by Gasteiger charge is 2.11. The molecule has 6 heteroatoms. The first kappa shape index (κ1) is 14.1. The van der Waals surface area contributed by atoms with E-state index in [1.807, 2.05) is 24.3 Å². The Kier molecular flexibility index (Phi) is 3.92. The van der Waals surface area contributed by atoms with Gasteiger partial charge in [0.25, 0.3) is 5.89 Å². The molecule has 3 aromatic rings. The van der Waals surface area contributed by atoms with Crippen molar-refractivity contribution in [1.82, 2.24) is 10.1 Å². The Labute approximate surface area is 131 Å². The Balaban J connectivity index is 1.95. The van der Waals surface area contributed by atoms with Crippen LogP contribution in [0.1, 0.15) is 5.56 Å². The van der Waals surface area contributed by atoms with Gasteiger partial charge in [-0.3, -0.25) is 0 Å². The van der Waals surface area contributed by atoms with Gasteiger partial charge < -0.3 is 10.3 Å². The first-order valence-corrected chi connectivity index (χ1v) is 7.01. The van der Waals surface area contributed by atoms with Gasteiger partial charge in [0.15, 0.2) is 0 Å². The molecule has 0 saturated carbocycles. The largest absolute Gasteiger partial charge is 0.334 e. The van der Waals surface area contributed by atoms with E-state index in [-0.39, 0.29) is 0 Å². The minimum atomic E-state index is 0.435. The summed E-state index contributed by atoms with van der Waals surface area (Å²) in [4.78, 5) is 4.36. The number of hydrogen-bond donors (Lipinski definition) is 1. The lowest BCUT2D eigenvalue weighted by Crippen LogP contribution is -1.95. The summed E-state index contributed by atoms with van der Waals surface area (Å²) in [6, 6.07) is 12.8. The van der Waals surface area contributed by atoms with Crippen LogP contribution in [0.15, 0.2) is 47.0 Å². The molecule has 106 valence electrons. The summed E-state index contributed by atoms with van der Waals surface area (Å²) in [5.41, 5.74) is 8.15. The van der Waals surface area contributed by atoms with Gasteiger partial charge in [-0.25, -0.2) is 0 Å². The van der Waals surface area contributed by atoms with Crippen LogP contribution in [0.4, 0.5) is 0 Å². The van der Waals surface area contributed by atoms with E-state index >= 15 is 0 Å². The van der Waals surface area contributed by atoms with Crippen molar-refractivity contribution in [3.8, 4) is 22.8 Å². The number of halogens is 2. The predicted octanol–water partition coefficient (Wildman–Crippen LogP) is 4.17. The number of nitrogens with two attached hydrogens (primary N) is 1. The van der Waals surface area contributed by atoms with Crippen LogP contribution in [0.3, 0.4) is 0 Å². The van der Waals surface area contributed by atoms with Gasteiger partial charge in [-0.15, -0.1) is 0 Å². The Hall–Kier alpha value is -1.88. The zero-order valence-electron chi connectivity index (χ0n) is 10.9. The van der Waals surface area contributed by atoms with Gasteiger partial charge in [-0.1, -0.05) is 40.5 Å².